The first-order valence-electron chi connectivity index (χ1n) is 7.94. The van der Waals surface area contributed by atoms with Crippen LogP contribution in [0.15, 0.2) is 42.5 Å². The summed E-state index contributed by atoms with van der Waals surface area (Å²) in [4.78, 5) is 23.6. The van der Waals surface area contributed by atoms with Crippen molar-refractivity contribution in [2.75, 3.05) is 13.2 Å². The fraction of sp³-hybridized carbons (Fsp3) is 0.263. The minimum atomic E-state index is -0.634. The van der Waals surface area contributed by atoms with Gasteiger partial charge in [-0.15, -0.1) is 0 Å². The molecule has 0 aliphatic heterocycles. The van der Waals surface area contributed by atoms with Crippen LogP contribution < -0.4 is 10.1 Å². The van der Waals surface area contributed by atoms with E-state index in [0.29, 0.717) is 15.8 Å². The molecule has 1 amide bonds. The van der Waals surface area contributed by atoms with Gasteiger partial charge in [-0.1, -0.05) is 35.3 Å². The predicted molar refractivity (Wildman–Crippen MR) is 101 cm³/mol. The molecule has 7 heteroatoms. The molecule has 0 unspecified atom stereocenters. The summed E-state index contributed by atoms with van der Waals surface area (Å²) in [5.74, 6) is -0.510. The average Bonchev–Trinajstić information content (AvgIpc) is 2.59. The molecule has 2 rings (SSSR count). The number of carbonyl (C=O) groups excluding carboxylic acids is 2. The zero-order valence-corrected chi connectivity index (χ0v) is 15.9. The predicted octanol–water partition coefficient (Wildman–Crippen LogP) is 4.10. The van der Waals surface area contributed by atoms with Crippen LogP contribution in [0, 0.1) is 6.92 Å². The molecule has 0 fully saturated rings. The van der Waals surface area contributed by atoms with E-state index in [4.69, 9.17) is 32.7 Å². The summed E-state index contributed by atoms with van der Waals surface area (Å²) in [6.07, 6.45) is 0. The third-order valence-electron chi connectivity index (χ3n) is 3.57. The van der Waals surface area contributed by atoms with Crippen LogP contribution in [0.2, 0.25) is 10.0 Å². The van der Waals surface area contributed by atoms with E-state index in [1.165, 1.54) is 0 Å². The van der Waals surface area contributed by atoms with Gasteiger partial charge in [-0.2, -0.15) is 0 Å². The highest BCUT2D eigenvalue weighted by Crippen LogP contribution is 2.21. The van der Waals surface area contributed by atoms with Crippen molar-refractivity contribution in [3.63, 3.8) is 0 Å². The lowest BCUT2D eigenvalue weighted by Gasteiger charge is -2.15. The Morgan fingerprint density at radius 1 is 1.08 bits per heavy atom. The second-order valence-corrected chi connectivity index (χ2v) is 6.58. The fourth-order valence-electron chi connectivity index (χ4n) is 2.24. The van der Waals surface area contributed by atoms with E-state index in [2.05, 4.69) is 5.32 Å². The van der Waals surface area contributed by atoms with Crippen LogP contribution in [-0.2, 0) is 14.3 Å². The van der Waals surface area contributed by atoms with Crippen molar-refractivity contribution in [3.8, 4) is 5.75 Å². The zero-order valence-electron chi connectivity index (χ0n) is 14.4. The summed E-state index contributed by atoms with van der Waals surface area (Å²) < 4.78 is 10.3. The van der Waals surface area contributed by atoms with Crippen LogP contribution in [0.5, 0.6) is 5.75 Å². The Morgan fingerprint density at radius 3 is 2.50 bits per heavy atom. The van der Waals surface area contributed by atoms with Gasteiger partial charge in [0, 0.05) is 10.0 Å². The van der Waals surface area contributed by atoms with E-state index in [1.54, 1.807) is 36.4 Å². The quantitative estimate of drug-likeness (QED) is 0.716. The summed E-state index contributed by atoms with van der Waals surface area (Å²) in [7, 11) is 0. The molecule has 0 aliphatic carbocycles. The molecule has 0 aromatic heterocycles. The first kappa shape index (κ1) is 20.1. The van der Waals surface area contributed by atoms with Crippen LogP contribution in [0.3, 0.4) is 0 Å². The van der Waals surface area contributed by atoms with Gasteiger partial charge >= 0.3 is 5.97 Å². The van der Waals surface area contributed by atoms with Crippen LogP contribution in [-0.4, -0.2) is 25.1 Å². The van der Waals surface area contributed by atoms with Crippen molar-refractivity contribution >= 4 is 35.1 Å². The number of amides is 1. The first-order valence-corrected chi connectivity index (χ1v) is 8.70. The molecule has 1 N–H and O–H groups in total. The molecular weight excluding hydrogens is 377 g/mol. The van der Waals surface area contributed by atoms with Crippen LogP contribution in [0.1, 0.15) is 24.1 Å². The van der Waals surface area contributed by atoms with E-state index >= 15 is 0 Å². The van der Waals surface area contributed by atoms with E-state index in [-0.39, 0.29) is 19.3 Å². The highest BCUT2D eigenvalue weighted by molar-refractivity contribution is 6.30. The van der Waals surface area contributed by atoms with Crippen molar-refractivity contribution < 1.29 is 19.1 Å². The first-order chi connectivity index (χ1) is 12.3. The number of rotatable bonds is 7. The summed E-state index contributed by atoms with van der Waals surface area (Å²) in [6.45, 7) is 2.96. The lowest BCUT2D eigenvalue weighted by molar-refractivity contribution is -0.150. The smallest absolute Gasteiger partial charge is 0.344 e. The zero-order chi connectivity index (χ0) is 19.1. The van der Waals surface area contributed by atoms with Gasteiger partial charge in [0.05, 0.1) is 6.04 Å². The van der Waals surface area contributed by atoms with Gasteiger partial charge in [0.1, 0.15) is 5.75 Å². The molecule has 0 spiro atoms. The van der Waals surface area contributed by atoms with E-state index in [1.807, 2.05) is 19.9 Å². The van der Waals surface area contributed by atoms with E-state index in [0.717, 1.165) is 11.1 Å². The number of hydrogen-bond acceptors (Lipinski definition) is 4. The molecule has 2 aromatic carbocycles. The van der Waals surface area contributed by atoms with Crippen LogP contribution in [0.25, 0.3) is 0 Å². The van der Waals surface area contributed by atoms with Crippen molar-refractivity contribution in [3.05, 3.63) is 63.6 Å². The summed E-state index contributed by atoms with van der Waals surface area (Å²) in [5, 5.41) is 3.91. The molecule has 0 radical (unpaired) electrons. The van der Waals surface area contributed by atoms with Gasteiger partial charge in [-0.25, -0.2) is 4.79 Å². The summed E-state index contributed by atoms with van der Waals surface area (Å²) >= 11 is 11.8. The maximum atomic E-state index is 11.9. The molecule has 0 saturated carbocycles. The number of esters is 1. The summed E-state index contributed by atoms with van der Waals surface area (Å²) in [5.41, 5.74) is 1.66. The molecule has 138 valence electrons. The Kier molecular flexibility index (Phi) is 7.30. The molecule has 1 atom stereocenters. The normalized spacial score (nSPS) is 11.5. The van der Waals surface area contributed by atoms with Gasteiger partial charge in [-0.3, -0.25) is 4.79 Å². The summed E-state index contributed by atoms with van der Waals surface area (Å²) in [6, 6.07) is 12.0. The lowest BCUT2D eigenvalue weighted by atomic mass is 10.1. The monoisotopic (exact) mass is 395 g/mol. The molecule has 2 aromatic rings. The number of nitrogens with one attached hydrogen (secondary N) is 1. The Bertz CT molecular complexity index is 795. The van der Waals surface area contributed by atoms with E-state index in [9.17, 15) is 9.59 Å². The highest BCUT2D eigenvalue weighted by atomic mass is 35.5. The van der Waals surface area contributed by atoms with Gasteiger partial charge in [-0.05, 0) is 55.3 Å². The number of ether oxygens (including phenoxy) is 2. The third kappa shape index (κ3) is 6.24. The van der Waals surface area contributed by atoms with Crippen molar-refractivity contribution in [1.29, 1.82) is 0 Å². The lowest BCUT2D eigenvalue weighted by Crippen LogP contribution is -2.32. The number of hydrogen-bond donors (Lipinski definition) is 1. The number of carbonyl (C=O) groups is 2. The maximum Gasteiger partial charge on any atom is 0.344 e. The van der Waals surface area contributed by atoms with Crippen molar-refractivity contribution in [1.82, 2.24) is 5.32 Å². The highest BCUT2D eigenvalue weighted by Gasteiger charge is 2.13. The van der Waals surface area contributed by atoms with E-state index < -0.39 is 11.9 Å². The topological polar surface area (TPSA) is 64.6 Å². The van der Waals surface area contributed by atoms with Crippen LogP contribution in [0.4, 0.5) is 0 Å². The standard InChI is InChI=1S/C19H19Cl2NO4/c1-12-8-16(21)6-7-17(12)25-11-19(24)26-10-18(23)22-13(2)14-4-3-5-15(20)9-14/h3-9,13H,10-11H2,1-2H3,(H,22,23)/t13-/m0/s1. The van der Waals surface area contributed by atoms with Gasteiger partial charge < -0.3 is 14.8 Å². The number of halogens is 2. The van der Waals surface area contributed by atoms with Gasteiger partial charge in [0.15, 0.2) is 13.2 Å². The number of aryl methyl sites for hydroxylation is 1. The van der Waals surface area contributed by atoms with Crippen molar-refractivity contribution in [2.45, 2.75) is 19.9 Å². The molecule has 0 heterocycles. The Balaban J connectivity index is 1.75. The van der Waals surface area contributed by atoms with Gasteiger partial charge in [0.25, 0.3) is 5.91 Å². The Labute approximate surface area is 162 Å². The average molecular weight is 396 g/mol. The molecule has 26 heavy (non-hydrogen) atoms. The molecule has 0 bridgehead atoms. The second kappa shape index (κ2) is 9.46. The molecular formula is C19H19Cl2NO4. The maximum absolute atomic E-state index is 11.9. The third-order valence-corrected chi connectivity index (χ3v) is 4.04. The Hall–Kier alpha value is -2.24. The largest absolute Gasteiger partial charge is 0.482 e. The Morgan fingerprint density at radius 2 is 1.81 bits per heavy atom. The minimum Gasteiger partial charge on any atom is -0.482 e. The van der Waals surface area contributed by atoms with Gasteiger partial charge in [0.2, 0.25) is 0 Å². The molecule has 0 aliphatic rings. The molecule has 0 saturated heterocycles. The second-order valence-electron chi connectivity index (χ2n) is 5.70. The van der Waals surface area contributed by atoms with Crippen molar-refractivity contribution in [2.24, 2.45) is 0 Å². The fourth-order valence-corrected chi connectivity index (χ4v) is 2.67. The SMILES string of the molecule is Cc1cc(Cl)ccc1OCC(=O)OCC(=O)N[C@@H](C)c1cccc(Cl)c1. The number of benzene rings is 2. The van der Waals surface area contributed by atoms with Crippen LogP contribution >= 0.6 is 23.2 Å². The minimum absolute atomic E-state index is 0.257. The molecule has 5 nitrogen and oxygen atoms in total.